The van der Waals surface area contributed by atoms with E-state index in [-0.39, 0.29) is 19.8 Å². The topological polar surface area (TPSA) is 208 Å². The Balaban J connectivity index is 0. The molecule has 23 heteroatoms. The van der Waals surface area contributed by atoms with E-state index in [1.807, 2.05) is 42.3 Å². The van der Waals surface area contributed by atoms with Gasteiger partial charge in [-0.05, 0) is 19.4 Å². The first kappa shape index (κ1) is 50.9. The fourth-order valence-electron chi connectivity index (χ4n) is 3.56. The third kappa shape index (κ3) is 28.0. The van der Waals surface area contributed by atoms with Crippen LogP contribution in [0.15, 0.2) is 0 Å². The van der Waals surface area contributed by atoms with Crippen LogP contribution in [0.3, 0.4) is 0 Å². The number of carbonyl (C=O) groups excluding carboxylic acids is 1. The van der Waals surface area contributed by atoms with E-state index in [1.165, 1.54) is 21.3 Å². The van der Waals surface area contributed by atoms with Gasteiger partial charge in [-0.2, -0.15) is 0 Å². The molecule has 0 radical (unpaired) electrons. The lowest BCUT2D eigenvalue weighted by Crippen LogP contribution is -2.43. The standard InChI is InChI=1S/C13H31N2O8PSi.C13H33N2O7PSi/c1-15(2,3)9-10-22-24(17,18)23-12-13(16)14-8-7-11-25(19-4,20-5)21-6;1-15(2,3)10-12-22-23(16,17)21-11-9-14-8-7-13-24(18-4,19-5)20-6/h7-12H2,1-6H3,(H-,14,16,17,18);14H,7-13H2,1-6H3/p+2. The summed E-state index contributed by atoms with van der Waals surface area (Å²) in [4.78, 5) is 30.7. The summed E-state index contributed by atoms with van der Waals surface area (Å²) in [5.74, 6) is -0.510. The summed E-state index contributed by atoms with van der Waals surface area (Å²) in [5, 5.41) is 5.70. The van der Waals surface area contributed by atoms with Gasteiger partial charge in [-0.3, -0.25) is 22.9 Å². The molecule has 2 atom stereocenters. The summed E-state index contributed by atoms with van der Waals surface area (Å²) in [6.07, 6.45) is 1.38. The van der Waals surface area contributed by atoms with E-state index < -0.39 is 45.8 Å². The summed E-state index contributed by atoms with van der Waals surface area (Å²) in [7, 11) is 7.60. The maximum Gasteiger partial charge on any atom is 0.500 e. The third-order valence-corrected chi connectivity index (χ3v) is 14.3. The Bertz CT molecular complexity index is 953. The Morgan fingerprint density at radius 3 is 1.35 bits per heavy atom. The maximum absolute atomic E-state index is 11.7. The second-order valence-corrected chi connectivity index (χ2v) is 21.7. The molecule has 2 unspecified atom stereocenters. The molecule has 0 fully saturated rings. The predicted molar refractivity (Wildman–Crippen MR) is 188 cm³/mol. The second kappa shape index (κ2) is 25.7. The van der Waals surface area contributed by atoms with Gasteiger partial charge in [0.1, 0.15) is 32.9 Å². The number of amides is 1. The van der Waals surface area contributed by atoms with E-state index in [2.05, 4.69) is 15.2 Å². The molecule has 0 bridgehead atoms. The Hall–Kier alpha value is -0.236. The molecule has 0 aliphatic carbocycles. The largest absolute Gasteiger partial charge is 0.500 e. The minimum absolute atomic E-state index is 0.0522. The highest BCUT2D eigenvalue weighted by molar-refractivity contribution is 7.47. The number of carbonyl (C=O) groups is 1. The fourth-order valence-corrected chi connectivity index (χ4v) is 8.38. The van der Waals surface area contributed by atoms with Crippen molar-refractivity contribution in [3.8, 4) is 0 Å². The van der Waals surface area contributed by atoms with Crippen LogP contribution in [-0.4, -0.2) is 186 Å². The average molecular weight is 793 g/mol. The Labute approximate surface area is 295 Å². The van der Waals surface area contributed by atoms with Crippen molar-refractivity contribution >= 4 is 39.2 Å². The molecule has 0 aromatic rings. The highest BCUT2D eigenvalue weighted by atomic mass is 31.2. The lowest BCUT2D eigenvalue weighted by atomic mass is 10.4. The molecule has 4 N–H and O–H groups in total. The van der Waals surface area contributed by atoms with Crippen molar-refractivity contribution in [2.45, 2.75) is 24.9 Å². The number of hydrogen-bond donors (Lipinski definition) is 4. The van der Waals surface area contributed by atoms with Crippen molar-refractivity contribution in [2.75, 3.05) is 144 Å². The molecule has 0 spiro atoms. The van der Waals surface area contributed by atoms with E-state index in [4.69, 9.17) is 40.1 Å². The zero-order valence-electron chi connectivity index (χ0n) is 31.7. The molecule has 0 aromatic heterocycles. The summed E-state index contributed by atoms with van der Waals surface area (Å²) in [6, 6.07) is 1.22. The number of nitrogens with one attached hydrogen (secondary N) is 2. The Morgan fingerprint density at radius 1 is 0.592 bits per heavy atom. The summed E-state index contributed by atoms with van der Waals surface area (Å²) in [6.45, 7) is 2.40. The summed E-state index contributed by atoms with van der Waals surface area (Å²) < 4.78 is 75.7. The third-order valence-electron chi connectivity index (χ3n) is 6.61. The van der Waals surface area contributed by atoms with Crippen LogP contribution >= 0.6 is 15.6 Å². The van der Waals surface area contributed by atoms with Gasteiger partial charge < -0.3 is 55.9 Å². The van der Waals surface area contributed by atoms with Crippen LogP contribution in [0.5, 0.6) is 0 Å². The van der Waals surface area contributed by atoms with E-state index in [9.17, 15) is 23.7 Å². The SMILES string of the molecule is CO[Si](CCCNC(=O)COP(=O)(O)OCC[N+](C)(C)C)(OC)OC.CO[Si](CCCNCCOP(=O)(O)OCC[N+](C)(C)C)(OC)OC. The number of quaternary nitrogens is 2. The monoisotopic (exact) mass is 792 g/mol. The first-order valence-corrected chi connectivity index (χ1v) is 22.6. The van der Waals surface area contributed by atoms with E-state index in [1.54, 1.807) is 21.3 Å². The molecule has 1 amide bonds. The van der Waals surface area contributed by atoms with Gasteiger partial charge >= 0.3 is 33.3 Å². The number of nitrogens with zero attached hydrogens (tertiary/aromatic N) is 2. The molecule has 0 rings (SSSR count). The van der Waals surface area contributed by atoms with E-state index >= 15 is 0 Å². The van der Waals surface area contributed by atoms with Crippen molar-refractivity contribution in [3.05, 3.63) is 0 Å². The minimum atomic E-state index is -4.24. The maximum atomic E-state index is 11.7. The van der Waals surface area contributed by atoms with Crippen molar-refractivity contribution in [2.24, 2.45) is 0 Å². The normalized spacial score (nSPS) is 15.2. The van der Waals surface area contributed by atoms with Crippen molar-refractivity contribution in [1.29, 1.82) is 0 Å². The average Bonchev–Trinajstić information content (AvgIpc) is 3.01. The lowest BCUT2D eigenvalue weighted by molar-refractivity contribution is -0.870. The first-order chi connectivity index (χ1) is 22.6. The number of hydrogen-bond acceptors (Lipinski definition) is 14. The van der Waals surface area contributed by atoms with Gasteiger partial charge in [-0.1, -0.05) is 0 Å². The molecule has 19 nitrogen and oxygen atoms in total. The van der Waals surface area contributed by atoms with Gasteiger partial charge in [0.15, 0.2) is 0 Å². The number of phosphoric acid groups is 2. The Morgan fingerprint density at radius 2 is 0.959 bits per heavy atom. The molecule has 0 aliphatic heterocycles. The highest BCUT2D eigenvalue weighted by Gasteiger charge is 2.37. The van der Waals surface area contributed by atoms with Crippen LogP contribution in [0.4, 0.5) is 0 Å². The molecule has 0 saturated carbocycles. The molecule has 49 heavy (non-hydrogen) atoms. The number of rotatable bonds is 29. The molecule has 296 valence electrons. The van der Waals surface area contributed by atoms with Gasteiger partial charge in [-0.25, -0.2) is 9.13 Å². The zero-order valence-corrected chi connectivity index (χ0v) is 35.5. The van der Waals surface area contributed by atoms with Crippen molar-refractivity contribution in [1.82, 2.24) is 10.6 Å². The highest BCUT2D eigenvalue weighted by Crippen LogP contribution is 2.43. The van der Waals surface area contributed by atoms with Gasteiger partial charge in [0.25, 0.3) is 0 Å². The molecular formula is C26H66N4O15P2Si2+2. The van der Waals surface area contributed by atoms with Gasteiger partial charge in [0.05, 0.1) is 48.9 Å². The van der Waals surface area contributed by atoms with Crippen molar-refractivity contribution in [3.63, 3.8) is 0 Å². The van der Waals surface area contributed by atoms with Gasteiger partial charge in [0.2, 0.25) is 5.91 Å². The van der Waals surface area contributed by atoms with Crippen LogP contribution in [0.2, 0.25) is 12.1 Å². The fraction of sp³-hybridized carbons (Fsp3) is 0.962. The quantitative estimate of drug-likeness (QED) is 0.0359. The smallest absolute Gasteiger partial charge is 0.377 e. The molecule has 0 aliphatic rings. The van der Waals surface area contributed by atoms with Crippen LogP contribution in [0, 0.1) is 0 Å². The Kier molecular flexibility index (Phi) is 26.7. The lowest BCUT2D eigenvalue weighted by Gasteiger charge is -2.24. The van der Waals surface area contributed by atoms with E-state index in [0.29, 0.717) is 60.2 Å². The minimum Gasteiger partial charge on any atom is -0.377 e. The second-order valence-electron chi connectivity index (χ2n) is 12.6. The summed E-state index contributed by atoms with van der Waals surface area (Å²) >= 11 is 0. The van der Waals surface area contributed by atoms with Crippen LogP contribution in [0.1, 0.15) is 12.8 Å². The van der Waals surface area contributed by atoms with Gasteiger partial charge in [-0.15, -0.1) is 0 Å². The number of phosphoric ester groups is 2. The summed E-state index contributed by atoms with van der Waals surface area (Å²) in [5.41, 5.74) is 0. The van der Waals surface area contributed by atoms with Crippen molar-refractivity contribution < 1.29 is 77.3 Å². The number of likely N-dealkylation sites (N-methyl/N-ethyl adjacent to an activating group) is 2. The van der Waals surface area contributed by atoms with Crippen LogP contribution in [0.25, 0.3) is 0 Å². The molecule has 0 aromatic carbocycles. The molecule has 0 saturated heterocycles. The predicted octanol–water partition coefficient (Wildman–Crippen LogP) is 0.895. The van der Waals surface area contributed by atoms with Crippen LogP contribution < -0.4 is 10.6 Å². The molecular weight excluding hydrogens is 726 g/mol. The first-order valence-electron chi connectivity index (χ1n) is 15.7. The van der Waals surface area contributed by atoms with Gasteiger partial charge in [0, 0.05) is 67.8 Å². The molecule has 0 heterocycles. The van der Waals surface area contributed by atoms with E-state index in [0.717, 1.165) is 6.42 Å². The zero-order chi connectivity index (χ0) is 38.3. The van der Waals surface area contributed by atoms with Crippen LogP contribution in [-0.2, 0) is 58.6 Å².